The van der Waals surface area contributed by atoms with Crippen LogP contribution < -0.4 is 5.32 Å². The predicted octanol–water partition coefficient (Wildman–Crippen LogP) is 3.06. The van der Waals surface area contributed by atoms with Crippen molar-refractivity contribution >= 4 is 17.3 Å². The third kappa shape index (κ3) is 2.44. The summed E-state index contributed by atoms with van der Waals surface area (Å²) < 4.78 is 0. The predicted molar refractivity (Wildman–Crippen MR) is 73.4 cm³/mol. The van der Waals surface area contributed by atoms with E-state index in [-0.39, 0.29) is 6.04 Å². The van der Waals surface area contributed by atoms with Gasteiger partial charge in [-0.2, -0.15) is 0 Å². The normalized spacial score (nSPS) is 12.3. The topological polar surface area (TPSA) is 49.3 Å². The van der Waals surface area contributed by atoms with Gasteiger partial charge in [0, 0.05) is 4.88 Å². The molecule has 0 saturated carbocycles. The Kier molecular flexibility index (Phi) is 3.79. The van der Waals surface area contributed by atoms with E-state index in [9.17, 15) is 4.79 Å². The molecule has 0 radical (unpaired) electrons. The number of hydrogen-bond acceptors (Lipinski definition) is 3. The maximum atomic E-state index is 10.8. The largest absolute Gasteiger partial charge is 0.478 e. The molecule has 94 valence electrons. The minimum Gasteiger partial charge on any atom is -0.478 e. The summed E-state index contributed by atoms with van der Waals surface area (Å²) in [5.41, 5.74) is 2.64. The monoisotopic (exact) mass is 261 g/mol. The van der Waals surface area contributed by atoms with E-state index in [4.69, 9.17) is 5.11 Å². The molecule has 3 nitrogen and oxygen atoms in total. The van der Waals surface area contributed by atoms with Crippen LogP contribution in [0.1, 0.15) is 32.4 Å². The molecule has 0 bridgehead atoms. The van der Waals surface area contributed by atoms with Crippen molar-refractivity contribution < 1.29 is 9.90 Å². The second kappa shape index (κ2) is 5.33. The Labute approximate surface area is 110 Å². The second-order valence-corrected chi connectivity index (χ2v) is 5.06. The highest BCUT2D eigenvalue weighted by molar-refractivity contribution is 7.10. The van der Waals surface area contributed by atoms with E-state index in [0.717, 1.165) is 5.56 Å². The highest BCUT2D eigenvalue weighted by atomic mass is 32.1. The van der Waals surface area contributed by atoms with Crippen molar-refractivity contribution in [2.24, 2.45) is 0 Å². The Morgan fingerprint density at radius 3 is 2.39 bits per heavy atom. The van der Waals surface area contributed by atoms with Crippen molar-refractivity contribution in [3.8, 4) is 0 Å². The number of hydrogen-bond donors (Lipinski definition) is 2. The van der Waals surface area contributed by atoms with E-state index < -0.39 is 5.97 Å². The van der Waals surface area contributed by atoms with Crippen LogP contribution in [-0.2, 0) is 0 Å². The second-order valence-electron chi connectivity index (χ2n) is 4.12. The first-order chi connectivity index (χ1) is 8.63. The highest BCUT2D eigenvalue weighted by Gasteiger charge is 2.15. The summed E-state index contributed by atoms with van der Waals surface area (Å²) in [7, 11) is 1.91. The van der Waals surface area contributed by atoms with Gasteiger partial charge in [-0.05, 0) is 48.7 Å². The van der Waals surface area contributed by atoms with Crippen molar-refractivity contribution in [2.75, 3.05) is 7.05 Å². The van der Waals surface area contributed by atoms with Gasteiger partial charge in [-0.1, -0.05) is 12.1 Å². The standard InChI is InChI=1S/C14H15NO2S/c1-9-7-8-18-13(9)12(15-2)10-3-5-11(6-4-10)14(16)17/h3-8,12,15H,1-2H3,(H,16,17). The fourth-order valence-electron chi connectivity index (χ4n) is 1.95. The number of nitrogens with one attached hydrogen (secondary N) is 1. The number of benzene rings is 1. The average Bonchev–Trinajstić information content (AvgIpc) is 2.78. The lowest BCUT2D eigenvalue weighted by molar-refractivity contribution is 0.0697. The molecule has 0 aliphatic heterocycles. The molecule has 1 aromatic heterocycles. The summed E-state index contributed by atoms with van der Waals surface area (Å²) in [6.45, 7) is 2.09. The first-order valence-electron chi connectivity index (χ1n) is 5.68. The number of carboxylic acid groups (broad SMARTS) is 1. The Hall–Kier alpha value is -1.65. The van der Waals surface area contributed by atoms with Gasteiger partial charge in [0.1, 0.15) is 0 Å². The first-order valence-corrected chi connectivity index (χ1v) is 6.56. The van der Waals surface area contributed by atoms with Gasteiger partial charge in [0.25, 0.3) is 0 Å². The average molecular weight is 261 g/mol. The molecule has 0 aliphatic rings. The smallest absolute Gasteiger partial charge is 0.335 e. The molecular formula is C14H15NO2S. The van der Waals surface area contributed by atoms with Gasteiger partial charge < -0.3 is 10.4 Å². The van der Waals surface area contributed by atoms with Gasteiger partial charge >= 0.3 is 5.97 Å². The lowest BCUT2D eigenvalue weighted by Crippen LogP contribution is -2.17. The summed E-state index contributed by atoms with van der Waals surface area (Å²) in [6, 6.07) is 9.23. The maximum absolute atomic E-state index is 10.8. The molecule has 0 fully saturated rings. The number of rotatable bonds is 4. The van der Waals surface area contributed by atoms with Crippen LogP contribution in [0.25, 0.3) is 0 Å². The van der Waals surface area contributed by atoms with Crippen molar-refractivity contribution in [3.05, 3.63) is 57.3 Å². The fraction of sp³-hybridized carbons (Fsp3) is 0.214. The summed E-state index contributed by atoms with van der Waals surface area (Å²) >= 11 is 1.71. The summed E-state index contributed by atoms with van der Waals surface area (Å²) in [4.78, 5) is 12.1. The van der Waals surface area contributed by atoms with Gasteiger partial charge in [0.2, 0.25) is 0 Å². The summed E-state index contributed by atoms with van der Waals surface area (Å²) in [6.07, 6.45) is 0. The van der Waals surface area contributed by atoms with Gasteiger partial charge in [0.05, 0.1) is 11.6 Å². The van der Waals surface area contributed by atoms with E-state index in [1.54, 1.807) is 23.5 Å². The Morgan fingerprint density at radius 1 is 1.28 bits per heavy atom. The summed E-state index contributed by atoms with van der Waals surface area (Å²) in [5, 5.41) is 14.2. The van der Waals surface area contributed by atoms with Crippen LogP contribution in [0.2, 0.25) is 0 Å². The van der Waals surface area contributed by atoms with Crippen molar-refractivity contribution in [1.29, 1.82) is 0 Å². The van der Waals surface area contributed by atoms with Crippen LogP contribution in [-0.4, -0.2) is 18.1 Å². The Bertz CT molecular complexity index is 545. The molecule has 1 atom stereocenters. The fourth-order valence-corrected chi connectivity index (χ4v) is 3.01. The molecule has 0 aliphatic carbocycles. The van der Waals surface area contributed by atoms with Gasteiger partial charge in [0.15, 0.2) is 0 Å². The SMILES string of the molecule is CNC(c1ccc(C(=O)O)cc1)c1sccc1C. The van der Waals surface area contributed by atoms with Crippen LogP contribution in [0, 0.1) is 6.92 Å². The molecule has 1 heterocycles. The molecule has 0 amide bonds. The van der Waals surface area contributed by atoms with E-state index in [0.29, 0.717) is 5.56 Å². The molecule has 0 spiro atoms. The number of carboxylic acids is 1. The van der Waals surface area contributed by atoms with E-state index in [1.807, 2.05) is 19.2 Å². The van der Waals surface area contributed by atoms with Crippen molar-refractivity contribution in [2.45, 2.75) is 13.0 Å². The quantitative estimate of drug-likeness (QED) is 0.889. The van der Waals surface area contributed by atoms with Crippen LogP contribution in [0.5, 0.6) is 0 Å². The zero-order valence-electron chi connectivity index (χ0n) is 10.3. The number of aromatic carboxylic acids is 1. The molecule has 2 N–H and O–H groups in total. The Balaban J connectivity index is 2.34. The highest BCUT2D eigenvalue weighted by Crippen LogP contribution is 2.29. The first kappa shape index (κ1) is 12.8. The molecule has 4 heteroatoms. The molecule has 1 unspecified atom stereocenters. The van der Waals surface area contributed by atoms with Crippen LogP contribution in [0.4, 0.5) is 0 Å². The van der Waals surface area contributed by atoms with Gasteiger partial charge in [-0.15, -0.1) is 11.3 Å². The number of thiophene rings is 1. The van der Waals surface area contributed by atoms with E-state index in [1.165, 1.54) is 10.4 Å². The zero-order valence-corrected chi connectivity index (χ0v) is 11.1. The third-order valence-electron chi connectivity index (χ3n) is 2.94. The van der Waals surface area contributed by atoms with Crippen molar-refractivity contribution in [1.82, 2.24) is 5.32 Å². The third-order valence-corrected chi connectivity index (χ3v) is 4.03. The maximum Gasteiger partial charge on any atom is 0.335 e. The van der Waals surface area contributed by atoms with Crippen LogP contribution in [0.3, 0.4) is 0 Å². The zero-order chi connectivity index (χ0) is 13.1. The molecule has 0 saturated heterocycles. The van der Waals surface area contributed by atoms with Gasteiger partial charge in [-0.3, -0.25) is 0 Å². The molecule has 1 aromatic carbocycles. The minimum absolute atomic E-state index is 0.118. The minimum atomic E-state index is -0.894. The van der Waals surface area contributed by atoms with Crippen LogP contribution >= 0.6 is 11.3 Å². The molecule has 2 aromatic rings. The number of carbonyl (C=O) groups is 1. The lowest BCUT2D eigenvalue weighted by Gasteiger charge is -2.16. The van der Waals surface area contributed by atoms with Gasteiger partial charge in [-0.25, -0.2) is 4.79 Å². The molecular weight excluding hydrogens is 246 g/mol. The van der Waals surface area contributed by atoms with E-state index in [2.05, 4.69) is 23.7 Å². The number of aryl methyl sites for hydroxylation is 1. The van der Waals surface area contributed by atoms with Crippen LogP contribution in [0.15, 0.2) is 35.7 Å². The molecule has 18 heavy (non-hydrogen) atoms. The Morgan fingerprint density at radius 2 is 1.94 bits per heavy atom. The molecule has 2 rings (SSSR count). The van der Waals surface area contributed by atoms with Crippen molar-refractivity contribution in [3.63, 3.8) is 0 Å². The lowest BCUT2D eigenvalue weighted by atomic mass is 10.0. The summed E-state index contributed by atoms with van der Waals surface area (Å²) in [5.74, 6) is -0.894. The van der Waals surface area contributed by atoms with E-state index >= 15 is 0 Å².